The summed E-state index contributed by atoms with van der Waals surface area (Å²) < 4.78 is 2.54. The molecule has 1 heterocycles. The standard InChI is InChI=1S/C9H8BrN3O/c10-8-3-7(4-14)1-2-9(8)13-6-11-5-12-13/h1-3,5-6,14H,4H2. The summed E-state index contributed by atoms with van der Waals surface area (Å²) in [7, 11) is 0. The molecule has 0 fully saturated rings. The van der Waals surface area contributed by atoms with E-state index in [4.69, 9.17) is 5.11 Å². The summed E-state index contributed by atoms with van der Waals surface area (Å²) in [6, 6.07) is 5.59. The van der Waals surface area contributed by atoms with Gasteiger partial charge >= 0.3 is 0 Å². The number of hydrogen-bond donors (Lipinski definition) is 1. The highest BCUT2D eigenvalue weighted by atomic mass is 79.9. The van der Waals surface area contributed by atoms with Gasteiger partial charge in [-0.15, -0.1) is 0 Å². The van der Waals surface area contributed by atoms with E-state index in [1.807, 2.05) is 18.2 Å². The molecule has 0 aliphatic heterocycles. The van der Waals surface area contributed by atoms with E-state index < -0.39 is 0 Å². The third kappa shape index (κ3) is 1.69. The quantitative estimate of drug-likeness (QED) is 0.883. The lowest BCUT2D eigenvalue weighted by atomic mass is 10.2. The highest BCUT2D eigenvalue weighted by Gasteiger charge is 2.03. The molecule has 0 aliphatic rings. The maximum atomic E-state index is 8.93. The molecular weight excluding hydrogens is 246 g/mol. The van der Waals surface area contributed by atoms with Crippen LogP contribution in [-0.4, -0.2) is 19.9 Å². The summed E-state index contributed by atoms with van der Waals surface area (Å²) in [5, 5.41) is 12.9. The Morgan fingerprint density at radius 1 is 1.43 bits per heavy atom. The topological polar surface area (TPSA) is 50.9 Å². The zero-order chi connectivity index (χ0) is 9.97. The van der Waals surface area contributed by atoms with Gasteiger partial charge in [0, 0.05) is 4.47 Å². The van der Waals surface area contributed by atoms with Crippen LogP contribution in [0.5, 0.6) is 0 Å². The van der Waals surface area contributed by atoms with E-state index >= 15 is 0 Å². The molecular formula is C9H8BrN3O. The molecule has 0 aliphatic carbocycles. The van der Waals surface area contributed by atoms with Crippen molar-refractivity contribution < 1.29 is 5.11 Å². The summed E-state index contributed by atoms with van der Waals surface area (Å²) in [6.07, 6.45) is 3.10. The molecule has 0 amide bonds. The van der Waals surface area contributed by atoms with Crippen LogP contribution in [0.2, 0.25) is 0 Å². The first kappa shape index (κ1) is 9.36. The van der Waals surface area contributed by atoms with Crippen molar-refractivity contribution in [3.8, 4) is 5.69 Å². The van der Waals surface area contributed by atoms with Gasteiger partial charge in [-0.2, -0.15) is 5.10 Å². The van der Waals surface area contributed by atoms with Gasteiger partial charge < -0.3 is 5.11 Å². The molecule has 1 N–H and O–H groups in total. The fraction of sp³-hybridized carbons (Fsp3) is 0.111. The van der Waals surface area contributed by atoms with E-state index in [1.54, 1.807) is 11.0 Å². The van der Waals surface area contributed by atoms with Crippen LogP contribution in [-0.2, 0) is 6.61 Å². The molecule has 0 saturated heterocycles. The van der Waals surface area contributed by atoms with Gasteiger partial charge in [-0.05, 0) is 33.6 Å². The van der Waals surface area contributed by atoms with Crippen molar-refractivity contribution in [3.05, 3.63) is 40.9 Å². The summed E-state index contributed by atoms with van der Waals surface area (Å²) >= 11 is 3.41. The molecule has 0 radical (unpaired) electrons. The third-order valence-corrected chi connectivity index (χ3v) is 2.50. The molecule has 2 rings (SSSR count). The molecule has 4 nitrogen and oxygen atoms in total. The second-order valence-corrected chi connectivity index (χ2v) is 3.64. The number of halogens is 1. The van der Waals surface area contributed by atoms with Crippen molar-refractivity contribution in [1.29, 1.82) is 0 Å². The van der Waals surface area contributed by atoms with Crippen LogP contribution in [0.25, 0.3) is 5.69 Å². The highest BCUT2D eigenvalue weighted by Crippen LogP contribution is 2.21. The van der Waals surface area contributed by atoms with Crippen molar-refractivity contribution in [2.24, 2.45) is 0 Å². The first-order valence-electron chi connectivity index (χ1n) is 4.05. The van der Waals surface area contributed by atoms with Gasteiger partial charge in [-0.3, -0.25) is 0 Å². The Balaban J connectivity index is 2.46. The first-order chi connectivity index (χ1) is 6.81. The number of hydrogen-bond acceptors (Lipinski definition) is 3. The molecule has 72 valence electrons. The lowest BCUT2D eigenvalue weighted by Gasteiger charge is -2.04. The van der Waals surface area contributed by atoms with Crippen molar-refractivity contribution in [2.75, 3.05) is 0 Å². The molecule has 1 aromatic heterocycles. The van der Waals surface area contributed by atoms with Crippen LogP contribution in [0.4, 0.5) is 0 Å². The second kappa shape index (κ2) is 3.89. The van der Waals surface area contributed by atoms with Crippen LogP contribution >= 0.6 is 15.9 Å². The van der Waals surface area contributed by atoms with Gasteiger partial charge in [-0.25, -0.2) is 9.67 Å². The maximum absolute atomic E-state index is 8.93. The Kier molecular flexibility index (Phi) is 2.60. The van der Waals surface area contributed by atoms with E-state index in [2.05, 4.69) is 26.0 Å². The van der Waals surface area contributed by atoms with Crippen molar-refractivity contribution in [3.63, 3.8) is 0 Å². The largest absolute Gasteiger partial charge is 0.392 e. The molecule has 0 bridgehead atoms. The van der Waals surface area contributed by atoms with E-state index in [1.165, 1.54) is 6.33 Å². The van der Waals surface area contributed by atoms with Gasteiger partial charge in [-0.1, -0.05) is 6.07 Å². The fourth-order valence-electron chi connectivity index (χ4n) is 1.17. The van der Waals surface area contributed by atoms with Gasteiger partial charge in [0.25, 0.3) is 0 Å². The van der Waals surface area contributed by atoms with E-state index in [0.29, 0.717) is 0 Å². The molecule has 14 heavy (non-hydrogen) atoms. The lowest BCUT2D eigenvalue weighted by molar-refractivity contribution is 0.282. The van der Waals surface area contributed by atoms with Crippen molar-refractivity contribution in [1.82, 2.24) is 14.8 Å². The Morgan fingerprint density at radius 2 is 2.29 bits per heavy atom. The van der Waals surface area contributed by atoms with Gasteiger partial charge in [0.1, 0.15) is 12.7 Å². The Morgan fingerprint density at radius 3 is 2.86 bits per heavy atom. The number of benzene rings is 1. The summed E-state index contributed by atoms with van der Waals surface area (Å²) in [5.41, 5.74) is 1.76. The van der Waals surface area contributed by atoms with Crippen LogP contribution in [0.15, 0.2) is 35.3 Å². The van der Waals surface area contributed by atoms with Gasteiger partial charge in [0.15, 0.2) is 0 Å². The predicted molar refractivity (Wildman–Crippen MR) is 55.0 cm³/mol. The maximum Gasteiger partial charge on any atom is 0.138 e. The zero-order valence-corrected chi connectivity index (χ0v) is 8.85. The summed E-state index contributed by atoms with van der Waals surface area (Å²) in [6.45, 7) is 0.0379. The Hall–Kier alpha value is -1.20. The van der Waals surface area contributed by atoms with E-state index in [-0.39, 0.29) is 6.61 Å². The SMILES string of the molecule is OCc1ccc(-n2cncn2)c(Br)c1. The van der Waals surface area contributed by atoms with Crippen LogP contribution in [0, 0.1) is 0 Å². The number of aromatic nitrogens is 3. The normalized spacial score (nSPS) is 10.4. The molecule has 2 aromatic rings. The smallest absolute Gasteiger partial charge is 0.138 e. The molecule has 1 aromatic carbocycles. The summed E-state index contributed by atoms with van der Waals surface area (Å²) in [4.78, 5) is 3.86. The number of nitrogens with zero attached hydrogens (tertiary/aromatic N) is 3. The highest BCUT2D eigenvalue weighted by molar-refractivity contribution is 9.10. The fourth-order valence-corrected chi connectivity index (χ4v) is 1.78. The average molecular weight is 254 g/mol. The average Bonchev–Trinajstić information content (AvgIpc) is 2.70. The Bertz CT molecular complexity index is 428. The van der Waals surface area contributed by atoms with Gasteiger partial charge in [0.05, 0.1) is 12.3 Å². The van der Waals surface area contributed by atoms with Gasteiger partial charge in [0.2, 0.25) is 0 Å². The number of aliphatic hydroxyl groups excluding tert-OH is 1. The van der Waals surface area contributed by atoms with E-state index in [0.717, 1.165) is 15.7 Å². The molecule has 0 saturated carbocycles. The summed E-state index contributed by atoms with van der Waals surface area (Å²) in [5.74, 6) is 0. The van der Waals surface area contributed by atoms with Crippen LogP contribution in [0.3, 0.4) is 0 Å². The minimum absolute atomic E-state index is 0.0379. The number of rotatable bonds is 2. The lowest BCUT2D eigenvalue weighted by Crippen LogP contribution is -1.96. The van der Waals surface area contributed by atoms with E-state index in [9.17, 15) is 0 Å². The predicted octanol–water partition coefficient (Wildman–Crippen LogP) is 1.52. The Labute approximate surface area is 89.3 Å². The number of aliphatic hydroxyl groups is 1. The van der Waals surface area contributed by atoms with Crippen molar-refractivity contribution in [2.45, 2.75) is 6.61 Å². The first-order valence-corrected chi connectivity index (χ1v) is 4.85. The molecule has 0 atom stereocenters. The molecule has 5 heteroatoms. The second-order valence-electron chi connectivity index (χ2n) is 2.78. The minimum atomic E-state index is 0.0379. The monoisotopic (exact) mass is 253 g/mol. The zero-order valence-electron chi connectivity index (χ0n) is 7.26. The van der Waals surface area contributed by atoms with Crippen LogP contribution in [0.1, 0.15) is 5.56 Å². The third-order valence-electron chi connectivity index (χ3n) is 1.86. The van der Waals surface area contributed by atoms with Crippen molar-refractivity contribution >= 4 is 15.9 Å². The molecule has 0 spiro atoms. The molecule has 0 unspecified atom stereocenters. The minimum Gasteiger partial charge on any atom is -0.392 e. The van der Waals surface area contributed by atoms with Crippen LogP contribution < -0.4 is 0 Å².